The minimum absolute atomic E-state index is 0.0416. The van der Waals surface area contributed by atoms with Crippen LogP contribution in [0.25, 0.3) is 10.9 Å². The molecule has 2 heterocycles. The maximum absolute atomic E-state index is 14.5. The molecule has 1 amide bonds. The summed E-state index contributed by atoms with van der Waals surface area (Å²) < 4.78 is 31.4. The third kappa shape index (κ3) is 4.77. The number of rotatable bonds is 8. The SMILES string of the molecule is COc1ccc(OC)c2nc(N(C)C)c(CN(C[C@@H]3CCCO3)C(=O)c3ccccc3F)cc12. The van der Waals surface area contributed by atoms with E-state index >= 15 is 0 Å². The molecule has 8 heteroatoms. The summed E-state index contributed by atoms with van der Waals surface area (Å²) in [5.74, 6) is 1.06. The Bertz CT molecular complexity index is 1180. The molecule has 1 saturated heterocycles. The van der Waals surface area contributed by atoms with Crippen LogP contribution >= 0.6 is 0 Å². The van der Waals surface area contributed by atoms with Crippen molar-refractivity contribution in [1.82, 2.24) is 9.88 Å². The van der Waals surface area contributed by atoms with Gasteiger partial charge in [0.1, 0.15) is 28.7 Å². The molecule has 0 bridgehead atoms. The molecule has 3 aromatic rings. The number of methoxy groups -OCH3 is 2. The number of carbonyl (C=O) groups is 1. The molecular formula is C26H30FN3O4. The summed E-state index contributed by atoms with van der Waals surface area (Å²) in [5.41, 5.74) is 1.52. The number of fused-ring (bicyclic) bond motifs is 1. The second-order valence-electron chi connectivity index (χ2n) is 8.53. The van der Waals surface area contributed by atoms with Crippen LogP contribution in [0.2, 0.25) is 0 Å². The Morgan fingerprint density at radius 1 is 1.15 bits per heavy atom. The first-order valence-electron chi connectivity index (χ1n) is 11.3. The molecule has 0 saturated carbocycles. The lowest BCUT2D eigenvalue weighted by Gasteiger charge is -2.28. The monoisotopic (exact) mass is 467 g/mol. The number of ether oxygens (including phenoxy) is 3. The summed E-state index contributed by atoms with van der Waals surface area (Å²) in [6.07, 6.45) is 1.73. The first-order chi connectivity index (χ1) is 16.4. The van der Waals surface area contributed by atoms with E-state index in [2.05, 4.69) is 0 Å². The van der Waals surface area contributed by atoms with Crippen molar-refractivity contribution < 1.29 is 23.4 Å². The standard InChI is InChI=1S/C26H30FN3O4/c1-29(2)25-17(14-20-22(32-3)11-12-23(33-4)24(20)28-25)15-30(16-18-8-7-13-34-18)26(31)19-9-5-6-10-21(19)27/h5-6,9-12,14,18H,7-8,13,15-16H2,1-4H3/t18-/m0/s1. The molecule has 34 heavy (non-hydrogen) atoms. The second-order valence-corrected chi connectivity index (χ2v) is 8.53. The van der Waals surface area contributed by atoms with Crippen molar-refractivity contribution in [3.05, 3.63) is 59.4 Å². The van der Waals surface area contributed by atoms with Gasteiger partial charge in [0.2, 0.25) is 0 Å². The molecule has 0 aliphatic carbocycles. The topological polar surface area (TPSA) is 64.1 Å². The van der Waals surface area contributed by atoms with E-state index in [0.29, 0.717) is 36.0 Å². The summed E-state index contributed by atoms with van der Waals surface area (Å²) in [7, 11) is 7.00. The average molecular weight is 468 g/mol. The van der Waals surface area contributed by atoms with Crippen molar-refractivity contribution >= 4 is 22.6 Å². The summed E-state index contributed by atoms with van der Waals surface area (Å²) in [6, 6.07) is 11.7. The summed E-state index contributed by atoms with van der Waals surface area (Å²) in [6.45, 7) is 1.28. The molecule has 1 aliphatic rings. The van der Waals surface area contributed by atoms with Gasteiger partial charge in [-0.2, -0.15) is 0 Å². The summed E-state index contributed by atoms with van der Waals surface area (Å²) in [5, 5.41) is 0.776. The third-order valence-electron chi connectivity index (χ3n) is 6.03. The smallest absolute Gasteiger partial charge is 0.257 e. The van der Waals surface area contributed by atoms with E-state index in [1.54, 1.807) is 31.3 Å². The molecule has 0 radical (unpaired) electrons. The molecule has 1 aromatic heterocycles. The molecule has 4 rings (SSSR count). The number of halogens is 1. The fraction of sp³-hybridized carbons (Fsp3) is 0.385. The van der Waals surface area contributed by atoms with Gasteiger partial charge in [-0.1, -0.05) is 12.1 Å². The molecule has 180 valence electrons. The van der Waals surface area contributed by atoms with Gasteiger partial charge in [-0.15, -0.1) is 0 Å². The van der Waals surface area contributed by atoms with Crippen molar-refractivity contribution in [1.29, 1.82) is 0 Å². The fourth-order valence-corrected chi connectivity index (χ4v) is 4.35. The first kappa shape index (κ1) is 23.8. The number of amides is 1. The molecule has 0 N–H and O–H groups in total. The van der Waals surface area contributed by atoms with Gasteiger partial charge in [0, 0.05) is 44.7 Å². The minimum atomic E-state index is -0.541. The highest BCUT2D eigenvalue weighted by Crippen LogP contribution is 2.35. The van der Waals surface area contributed by atoms with Gasteiger partial charge in [0.15, 0.2) is 0 Å². The Morgan fingerprint density at radius 2 is 1.88 bits per heavy atom. The van der Waals surface area contributed by atoms with E-state index in [0.717, 1.165) is 23.8 Å². The Morgan fingerprint density at radius 3 is 2.53 bits per heavy atom. The van der Waals surface area contributed by atoms with Crippen molar-refractivity contribution in [3.8, 4) is 11.5 Å². The number of aromatic nitrogens is 1. The van der Waals surface area contributed by atoms with Crippen molar-refractivity contribution in [3.63, 3.8) is 0 Å². The van der Waals surface area contributed by atoms with Gasteiger partial charge < -0.3 is 24.0 Å². The highest BCUT2D eigenvalue weighted by molar-refractivity contribution is 5.95. The number of benzene rings is 2. The highest BCUT2D eigenvalue weighted by Gasteiger charge is 2.27. The van der Waals surface area contributed by atoms with E-state index < -0.39 is 5.82 Å². The van der Waals surface area contributed by atoms with Crippen LogP contribution in [0.5, 0.6) is 11.5 Å². The van der Waals surface area contributed by atoms with E-state index in [-0.39, 0.29) is 24.1 Å². The normalized spacial score (nSPS) is 15.4. The van der Waals surface area contributed by atoms with Gasteiger partial charge in [-0.05, 0) is 43.2 Å². The van der Waals surface area contributed by atoms with Gasteiger partial charge in [-0.25, -0.2) is 9.37 Å². The largest absolute Gasteiger partial charge is 0.496 e. The minimum Gasteiger partial charge on any atom is -0.496 e. The van der Waals surface area contributed by atoms with Crippen molar-refractivity contribution in [2.24, 2.45) is 0 Å². The number of nitrogens with zero attached hydrogens (tertiary/aromatic N) is 3. The molecule has 7 nitrogen and oxygen atoms in total. The van der Waals surface area contributed by atoms with Crippen LogP contribution in [-0.2, 0) is 11.3 Å². The summed E-state index contributed by atoms with van der Waals surface area (Å²) in [4.78, 5) is 21.9. The lowest BCUT2D eigenvalue weighted by Crippen LogP contribution is -2.37. The zero-order valence-corrected chi connectivity index (χ0v) is 20.0. The Kier molecular flexibility index (Phi) is 7.17. The van der Waals surface area contributed by atoms with Crippen LogP contribution in [0.1, 0.15) is 28.8 Å². The average Bonchev–Trinajstić information content (AvgIpc) is 3.35. The predicted molar refractivity (Wildman–Crippen MR) is 129 cm³/mol. The van der Waals surface area contributed by atoms with Crippen LogP contribution in [0, 0.1) is 5.82 Å². The van der Waals surface area contributed by atoms with Gasteiger partial charge in [-0.3, -0.25) is 4.79 Å². The Hall–Kier alpha value is -3.39. The predicted octanol–water partition coefficient (Wildman–Crippen LogP) is 4.28. The number of hydrogen-bond acceptors (Lipinski definition) is 6. The molecule has 1 atom stereocenters. The van der Waals surface area contributed by atoms with E-state index in [1.807, 2.05) is 37.2 Å². The lowest BCUT2D eigenvalue weighted by atomic mass is 10.1. The van der Waals surface area contributed by atoms with Crippen LogP contribution in [0.4, 0.5) is 10.2 Å². The molecule has 2 aromatic carbocycles. The molecule has 0 spiro atoms. The van der Waals surface area contributed by atoms with Crippen LogP contribution in [0.3, 0.4) is 0 Å². The van der Waals surface area contributed by atoms with Crippen molar-refractivity contribution in [2.45, 2.75) is 25.5 Å². The first-order valence-corrected chi connectivity index (χ1v) is 11.3. The lowest BCUT2D eigenvalue weighted by molar-refractivity contribution is 0.0504. The van der Waals surface area contributed by atoms with Gasteiger partial charge in [0.25, 0.3) is 5.91 Å². The Balaban J connectivity index is 1.79. The van der Waals surface area contributed by atoms with Crippen LogP contribution in [0.15, 0.2) is 42.5 Å². The molecular weight excluding hydrogens is 437 g/mol. The molecule has 1 aliphatic heterocycles. The van der Waals surface area contributed by atoms with Crippen LogP contribution in [-0.4, -0.2) is 63.4 Å². The quantitative estimate of drug-likeness (QED) is 0.493. The van der Waals surface area contributed by atoms with Gasteiger partial charge >= 0.3 is 0 Å². The van der Waals surface area contributed by atoms with Crippen molar-refractivity contribution in [2.75, 3.05) is 46.4 Å². The number of carbonyl (C=O) groups excluding carboxylic acids is 1. The second kappa shape index (κ2) is 10.3. The maximum Gasteiger partial charge on any atom is 0.257 e. The third-order valence-corrected chi connectivity index (χ3v) is 6.03. The number of anilines is 1. The maximum atomic E-state index is 14.5. The zero-order valence-electron chi connectivity index (χ0n) is 20.0. The van der Waals surface area contributed by atoms with E-state index in [9.17, 15) is 9.18 Å². The van der Waals surface area contributed by atoms with E-state index in [4.69, 9.17) is 19.2 Å². The summed E-state index contributed by atoms with van der Waals surface area (Å²) >= 11 is 0. The Labute approximate surface area is 199 Å². The fourth-order valence-electron chi connectivity index (χ4n) is 4.35. The van der Waals surface area contributed by atoms with Gasteiger partial charge in [0.05, 0.1) is 25.9 Å². The highest BCUT2D eigenvalue weighted by atomic mass is 19.1. The number of pyridine rings is 1. The molecule has 0 unspecified atom stereocenters. The van der Waals surface area contributed by atoms with Crippen LogP contribution < -0.4 is 14.4 Å². The number of hydrogen-bond donors (Lipinski definition) is 0. The zero-order chi connectivity index (χ0) is 24.2. The van der Waals surface area contributed by atoms with E-state index in [1.165, 1.54) is 12.1 Å². The molecule has 1 fully saturated rings.